The fourth-order valence-corrected chi connectivity index (χ4v) is 2.34. The van der Waals surface area contributed by atoms with E-state index in [1.807, 2.05) is 0 Å². The molecule has 0 bridgehead atoms. The van der Waals surface area contributed by atoms with Crippen LogP contribution in [0.5, 0.6) is 0 Å². The standard InChI is InChI=1S/C15H16F2N2Si/c1-20(2,3)7-5-4-6-11-10-18-14-8-12(16)13(17)9-15(14)19-11/h8-10H,4,6H2,1-3H3. The van der Waals surface area contributed by atoms with E-state index in [-0.39, 0.29) is 0 Å². The molecule has 0 radical (unpaired) electrons. The molecule has 0 aliphatic carbocycles. The van der Waals surface area contributed by atoms with Crippen LogP contribution in [0.15, 0.2) is 18.3 Å². The van der Waals surface area contributed by atoms with Crippen LogP contribution in [0.2, 0.25) is 19.6 Å². The van der Waals surface area contributed by atoms with Crippen molar-refractivity contribution in [2.75, 3.05) is 0 Å². The van der Waals surface area contributed by atoms with Crippen LogP contribution in [-0.2, 0) is 6.42 Å². The van der Waals surface area contributed by atoms with Crippen molar-refractivity contribution in [1.29, 1.82) is 0 Å². The summed E-state index contributed by atoms with van der Waals surface area (Å²) in [6.45, 7) is 6.56. The van der Waals surface area contributed by atoms with Crippen LogP contribution < -0.4 is 0 Å². The Balaban J connectivity index is 2.15. The monoisotopic (exact) mass is 290 g/mol. The van der Waals surface area contributed by atoms with Gasteiger partial charge in [-0.2, -0.15) is 0 Å². The Labute approximate surface area is 118 Å². The van der Waals surface area contributed by atoms with Crippen LogP contribution in [-0.4, -0.2) is 18.0 Å². The summed E-state index contributed by atoms with van der Waals surface area (Å²) in [6, 6.07) is 2.14. The highest BCUT2D eigenvalue weighted by Crippen LogP contribution is 2.15. The Hall–Kier alpha value is -1.80. The SMILES string of the molecule is C[Si](C)(C)C#CCCc1cnc2cc(F)c(F)cc2n1. The van der Waals surface area contributed by atoms with Gasteiger partial charge in [0.2, 0.25) is 0 Å². The molecule has 0 aliphatic rings. The molecule has 1 aromatic heterocycles. The van der Waals surface area contributed by atoms with E-state index in [1.54, 1.807) is 6.20 Å². The predicted octanol–water partition coefficient (Wildman–Crippen LogP) is 3.72. The third-order valence-electron chi connectivity index (χ3n) is 2.60. The average Bonchev–Trinajstić information content (AvgIpc) is 2.35. The highest BCUT2D eigenvalue weighted by Gasteiger charge is 2.08. The van der Waals surface area contributed by atoms with Gasteiger partial charge in [0.1, 0.15) is 8.07 Å². The summed E-state index contributed by atoms with van der Waals surface area (Å²) < 4.78 is 26.2. The summed E-state index contributed by atoms with van der Waals surface area (Å²) in [5, 5.41) is 0. The van der Waals surface area contributed by atoms with E-state index in [2.05, 4.69) is 41.1 Å². The second kappa shape index (κ2) is 5.67. The van der Waals surface area contributed by atoms with Gasteiger partial charge in [-0.1, -0.05) is 19.6 Å². The van der Waals surface area contributed by atoms with E-state index < -0.39 is 19.7 Å². The minimum Gasteiger partial charge on any atom is -0.253 e. The van der Waals surface area contributed by atoms with Gasteiger partial charge < -0.3 is 0 Å². The molecule has 2 aromatic rings. The Morgan fingerprint density at radius 1 is 1.10 bits per heavy atom. The molecule has 0 saturated carbocycles. The molecule has 104 valence electrons. The van der Waals surface area contributed by atoms with Gasteiger partial charge in [-0.3, -0.25) is 4.98 Å². The second-order valence-electron chi connectivity index (χ2n) is 5.67. The molecule has 0 saturated heterocycles. The molecule has 0 unspecified atom stereocenters. The number of fused-ring (bicyclic) bond motifs is 1. The molecule has 0 atom stereocenters. The van der Waals surface area contributed by atoms with Gasteiger partial charge in [0.15, 0.2) is 11.6 Å². The summed E-state index contributed by atoms with van der Waals surface area (Å²) in [7, 11) is -1.34. The lowest BCUT2D eigenvalue weighted by Crippen LogP contribution is -2.16. The molecule has 1 aromatic carbocycles. The van der Waals surface area contributed by atoms with Gasteiger partial charge in [0.05, 0.1) is 16.7 Å². The van der Waals surface area contributed by atoms with Crippen molar-refractivity contribution in [2.45, 2.75) is 32.5 Å². The number of rotatable bonds is 2. The van der Waals surface area contributed by atoms with E-state index in [1.165, 1.54) is 0 Å². The Bertz CT molecular complexity index is 697. The average molecular weight is 290 g/mol. The maximum atomic E-state index is 13.2. The molecule has 2 nitrogen and oxygen atoms in total. The Morgan fingerprint density at radius 3 is 2.40 bits per heavy atom. The van der Waals surface area contributed by atoms with Gasteiger partial charge in [0.25, 0.3) is 0 Å². The molecule has 0 aliphatic heterocycles. The number of benzene rings is 1. The van der Waals surface area contributed by atoms with E-state index in [0.717, 1.165) is 17.8 Å². The number of nitrogens with zero attached hydrogens (tertiary/aromatic N) is 2. The van der Waals surface area contributed by atoms with Crippen molar-refractivity contribution in [1.82, 2.24) is 9.97 Å². The van der Waals surface area contributed by atoms with Gasteiger partial charge in [0, 0.05) is 31.2 Å². The quantitative estimate of drug-likeness (QED) is 0.622. The smallest absolute Gasteiger partial charge is 0.161 e. The summed E-state index contributed by atoms with van der Waals surface area (Å²) in [6.07, 6.45) is 2.96. The Morgan fingerprint density at radius 2 is 1.75 bits per heavy atom. The molecule has 1 heterocycles. The van der Waals surface area contributed by atoms with Crippen LogP contribution in [0.1, 0.15) is 12.1 Å². The number of aryl methyl sites for hydroxylation is 1. The first-order chi connectivity index (χ1) is 9.35. The molecule has 0 spiro atoms. The molecule has 0 N–H and O–H groups in total. The van der Waals surface area contributed by atoms with Crippen molar-refractivity contribution in [2.24, 2.45) is 0 Å². The number of hydrogen-bond acceptors (Lipinski definition) is 2. The highest BCUT2D eigenvalue weighted by atomic mass is 28.3. The lowest BCUT2D eigenvalue weighted by Gasteiger charge is -2.04. The lowest BCUT2D eigenvalue weighted by atomic mass is 10.2. The third-order valence-corrected chi connectivity index (χ3v) is 3.53. The predicted molar refractivity (Wildman–Crippen MR) is 78.9 cm³/mol. The number of halogens is 2. The van der Waals surface area contributed by atoms with Gasteiger partial charge in [-0.25, -0.2) is 13.8 Å². The van der Waals surface area contributed by atoms with Gasteiger partial charge >= 0.3 is 0 Å². The fraction of sp³-hybridized carbons (Fsp3) is 0.333. The zero-order valence-electron chi connectivity index (χ0n) is 11.8. The van der Waals surface area contributed by atoms with E-state index in [9.17, 15) is 8.78 Å². The van der Waals surface area contributed by atoms with E-state index >= 15 is 0 Å². The highest BCUT2D eigenvalue weighted by molar-refractivity contribution is 6.83. The maximum Gasteiger partial charge on any atom is 0.161 e. The molecule has 20 heavy (non-hydrogen) atoms. The largest absolute Gasteiger partial charge is 0.253 e. The van der Waals surface area contributed by atoms with Crippen LogP contribution in [0.3, 0.4) is 0 Å². The summed E-state index contributed by atoms with van der Waals surface area (Å²) >= 11 is 0. The van der Waals surface area contributed by atoms with E-state index in [4.69, 9.17) is 0 Å². The summed E-state index contributed by atoms with van der Waals surface area (Å²) in [4.78, 5) is 8.39. The molecular formula is C15H16F2N2Si. The molecule has 5 heteroatoms. The van der Waals surface area contributed by atoms with Gasteiger partial charge in [-0.05, 0) is 0 Å². The zero-order chi connectivity index (χ0) is 14.8. The maximum absolute atomic E-state index is 13.2. The van der Waals surface area contributed by atoms with Crippen LogP contribution in [0.25, 0.3) is 11.0 Å². The lowest BCUT2D eigenvalue weighted by molar-refractivity contribution is 0.510. The minimum atomic E-state index is -1.34. The second-order valence-corrected chi connectivity index (χ2v) is 10.4. The van der Waals surface area contributed by atoms with Crippen molar-refractivity contribution < 1.29 is 8.78 Å². The van der Waals surface area contributed by atoms with Crippen LogP contribution in [0, 0.1) is 23.1 Å². The van der Waals surface area contributed by atoms with Crippen molar-refractivity contribution in [3.05, 3.63) is 35.7 Å². The zero-order valence-corrected chi connectivity index (χ0v) is 12.8. The van der Waals surface area contributed by atoms with Gasteiger partial charge in [-0.15, -0.1) is 11.5 Å². The summed E-state index contributed by atoms with van der Waals surface area (Å²) in [5.41, 5.74) is 4.76. The molecule has 0 amide bonds. The van der Waals surface area contributed by atoms with Crippen LogP contribution in [0.4, 0.5) is 8.78 Å². The van der Waals surface area contributed by atoms with Crippen molar-refractivity contribution in [3.8, 4) is 11.5 Å². The van der Waals surface area contributed by atoms with E-state index in [0.29, 0.717) is 23.9 Å². The van der Waals surface area contributed by atoms with Crippen molar-refractivity contribution >= 4 is 19.1 Å². The fourth-order valence-electron chi connectivity index (χ4n) is 1.69. The number of hydrogen-bond donors (Lipinski definition) is 0. The topological polar surface area (TPSA) is 25.8 Å². The normalized spacial score (nSPS) is 11.2. The first-order valence-electron chi connectivity index (χ1n) is 6.46. The van der Waals surface area contributed by atoms with Crippen molar-refractivity contribution in [3.63, 3.8) is 0 Å². The third kappa shape index (κ3) is 3.84. The first kappa shape index (κ1) is 14.6. The molecular weight excluding hydrogens is 274 g/mol. The summed E-state index contributed by atoms with van der Waals surface area (Å²) in [5.74, 6) is 1.35. The molecule has 0 fully saturated rings. The van der Waals surface area contributed by atoms with Crippen LogP contribution >= 0.6 is 0 Å². The Kier molecular flexibility index (Phi) is 4.14. The minimum absolute atomic E-state index is 0.362. The first-order valence-corrected chi connectivity index (χ1v) is 9.96. The molecule has 2 rings (SSSR count). The number of aromatic nitrogens is 2.